The molecule has 0 saturated carbocycles. The third kappa shape index (κ3) is 3.96. The zero-order valence-corrected chi connectivity index (χ0v) is 18.9. The van der Waals surface area contributed by atoms with Gasteiger partial charge in [0.1, 0.15) is 11.6 Å². The van der Waals surface area contributed by atoms with Crippen LogP contribution in [-0.4, -0.2) is 37.0 Å². The number of aliphatic hydroxyl groups is 1. The molecule has 0 aliphatic carbocycles. The Balaban J connectivity index is 1.57. The fraction of sp³-hybridized carbons (Fsp3) is 0.231. The summed E-state index contributed by atoms with van der Waals surface area (Å²) in [5.74, 6) is 4.59. The van der Waals surface area contributed by atoms with Crippen LogP contribution in [0.1, 0.15) is 29.2 Å². The first-order chi connectivity index (χ1) is 16.4. The van der Waals surface area contributed by atoms with Crippen molar-refractivity contribution in [3.05, 3.63) is 95.1 Å². The Kier molecular flexibility index (Phi) is 5.86. The molecule has 0 bridgehead atoms. The monoisotopic (exact) mass is 480 g/mol. The average molecular weight is 481 g/mol. The van der Waals surface area contributed by atoms with Crippen LogP contribution in [0.3, 0.4) is 0 Å². The van der Waals surface area contributed by atoms with Crippen LogP contribution in [0.2, 0.25) is 0 Å². The molecule has 0 aromatic heterocycles. The number of halogens is 2. The smallest absolute Gasteiger partial charge is 0.243 e. The summed E-state index contributed by atoms with van der Waals surface area (Å²) in [6, 6.07) is 15.7. The molecule has 0 amide bonds. The molecule has 0 radical (unpaired) electrons. The number of aliphatic hydroxyl groups excluding tert-OH is 1. The van der Waals surface area contributed by atoms with Gasteiger partial charge in [0.2, 0.25) is 10.0 Å². The molecule has 3 aromatic rings. The minimum absolute atomic E-state index is 0.107. The predicted molar refractivity (Wildman–Crippen MR) is 124 cm³/mol. The fourth-order valence-corrected chi connectivity index (χ4v) is 6.53. The molecule has 174 valence electrons. The first-order valence-corrected chi connectivity index (χ1v) is 12.4. The average Bonchev–Trinajstić information content (AvgIpc) is 3.29. The van der Waals surface area contributed by atoms with Gasteiger partial charge >= 0.3 is 0 Å². The Morgan fingerprint density at radius 1 is 1.03 bits per heavy atom. The second-order valence-corrected chi connectivity index (χ2v) is 10.3. The minimum Gasteiger partial charge on any atom is -0.394 e. The van der Waals surface area contributed by atoms with E-state index >= 15 is 0 Å². The Labute approximate surface area is 197 Å². The van der Waals surface area contributed by atoms with Crippen molar-refractivity contribution in [2.24, 2.45) is 5.92 Å². The zero-order valence-electron chi connectivity index (χ0n) is 18.1. The lowest BCUT2D eigenvalue weighted by Crippen LogP contribution is -2.42. The van der Waals surface area contributed by atoms with Crippen molar-refractivity contribution in [2.45, 2.75) is 23.4 Å². The maximum absolute atomic E-state index is 14.0. The molecule has 5 rings (SSSR count). The summed E-state index contributed by atoms with van der Waals surface area (Å²) in [5, 5.41) is 13.3. The van der Waals surface area contributed by atoms with Crippen molar-refractivity contribution < 1.29 is 22.3 Å². The number of nitrogens with zero attached hydrogens (tertiary/aromatic N) is 1. The van der Waals surface area contributed by atoms with Crippen LogP contribution in [0.15, 0.2) is 71.6 Å². The van der Waals surface area contributed by atoms with E-state index in [0.29, 0.717) is 17.7 Å². The van der Waals surface area contributed by atoms with Gasteiger partial charge in [-0.25, -0.2) is 17.2 Å². The second kappa shape index (κ2) is 8.84. The minimum atomic E-state index is -3.98. The summed E-state index contributed by atoms with van der Waals surface area (Å²) < 4.78 is 56.1. The SMILES string of the molecule is O=S(=O)(c1cccc(F)c1)N1CC[C@@H]2[C@H]1c1cc(C#Cc3ccccc3F)ccc1N[C@@H]2CO. The van der Waals surface area contributed by atoms with Gasteiger partial charge in [0, 0.05) is 23.7 Å². The lowest BCUT2D eigenvalue weighted by atomic mass is 9.83. The number of hydrogen-bond acceptors (Lipinski definition) is 4. The summed E-state index contributed by atoms with van der Waals surface area (Å²) in [5.41, 5.74) is 2.32. The van der Waals surface area contributed by atoms with Gasteiger partial charge in [-0.1, -0.05) is 30.0 Å². The standard InChI is InChI=1S/C26H22F2N2O3S/c27-19-5-3-6-20(15-19)34(32,33)30-13-12-21-25(16-31)29-24-11-9-17(14-22(24)26(21)30)8-10-18-4-1-2-7-23(18)28/h1-7,9,11,14-15,21,25-26,29,31H,12-13,16H2/t21-,25+,26-/m0/s1. The largest absolute Gasteiger partial charge is 0.394 e. The van der Waals surface area contributed by atoms with Crippen LogP contribution in [0.25, 0.3) is 0 Å². The molecule has 8 heteroatoms. The van der Waals surface area contributed by atoms with Crippen LogP contribution in [0.5, 0.6) is 0 Å². The molecule has 5 nitrogen and oxygen atoms in total. The van der Waals surface area contributed by atoms with Gasteiger partial charge in [0.15, 0.2) is 0 Å². The first-order valence-electron chi connectivity index (χ1n) is 10.9. The number of hydrogen-bond donors (Lipinski definition) is 2. The number of fused-ring (bicyclic) bond motifs is 3. The molecule has 1 saturated heterocycles. The molecular formula is C26H22F2N2O3S. The number of rotatable bonds is 3. The van der Waals surface area contributed by atoms with Crippen LogP contribution in [0.4, 0.5) is 14.5 Å². The summed E-state index contributed by atoms with van der Waals surface area (Å²) in [6.07, 6.45) is 0.544. The van der Waals surface area contributed by atoms with Crippen LogP contribution < -0.4 is 5.32 Å². The third-order valence-corrected chi connectivity index (χ3v) is 8.32. The van der Waals surface area contributed by atoms with Gasteiger partial charge in [0.25, 0.3) is 0 Å². The maximum Gasteiger partial charge on any atom is 0.243 e. The molecule has 3 aromatic carbocycles. The first kappa shape index (κ1) is 22.5. The van der Waals surface area contributed by atoms with E-state index in [0.717, 1.165) is 11.6 Å². The third-order valence-electron chi connectivity index (χ3n) is 6.44. The predicted octanol–water partition coefficient (Wildman–Crippen LogP) is 3.90. The van der Waals surface area contributed by atoms with Crippen molar-refractivity contribution in [1.29, 1.82) is 0 Å². The van der Waals surface area contributed by atoms with E-state index in [1.165, 1.54) is 28.6 Å². The van der Waals surface area contributed by atoms with Crippen LogP contribution in [0, 0.1) is 29.4 Å². The number of benzene rings is 3. The highest BCUT2D eigenvalue weighted by atomic mass is 32.2. The van der Waals surface area contributed by atoms with Gasteiger partial charge in [-0.2, -0.15) is 4.31 Å². The molecule has 0 spiro atoms. The van der Waals surface area contributed by atoms with E-state index < -0.39 is 27.7 Å². The Morgan fingerprint density at radius 2 is 1.85 bits per heavy atom. The van der Waals surface area contributed by atoms with Crippen molar-refractivity contribution in [3.8, 4) is 11.8 Å². The van der Waals surface area contributed by atoms with Crippen LogP contribution in [-0.2, 0) is 10.0 Å². The van der Waals surface area contributed by atoms with Crippen molar-refractivity contribution >= 4 is 15.7 Å². The maximum atomic E-state index is 14.0. The van der Waals surface area contributed by atoms with E-state index in [1.807, 2.05) is 0 Å². The zero-order chi connectivity index (χ0) is 23.9. The van der Waals surface area contributed by atoms with Gasteiger partial charge in [-0.3, -0.25) is 0 Å². The van der Waals surface area contributed by atoms with Crippen molar-refractivity contribution in [1.82, 2.24) is 4.31 Å². The van der Waals surface area contributed by atoms with Gasteiger partial charge in [-0.05, 0) is 60.5 Å². The highest BCUT2D eigenvalue weighted by molar-refractivity contribution is 7.89. The van der Waals surface area contributed by atoms with Crippen molar-refractivity contribution in [2.75, 3.05) is 18.5 Å². The van der Waals surface area contributed by atoms with E-state index in [2.05, 4.69) is 17.2 Å². The summed E-state index contributed by atoms with van der Waals surface area (Å²) in [4.78, 5) is -0.107. The van der Waals surface area contributed by atoms with E-state index in [4.69, 9.17) is 0 Å². The van der Waals surface area contributed by atoms with Gasteiger partial charge in [-0.15, -0.1) is 0 Å². The van der Waals surface area contributed by atoms with Gasteiger partial charge < -0.3 is 10.4 Å². The second-order valence-electron chi connectivity index (χ2n) is 8.44. The molecule has 3 atom stereocenters. The molecule has 2 aliphatic heterocycles. The Morgan fingerprint density at radius 3 is 2.62 bits per heavy atom. The Hall–Kier alpha value is -3.25. The molecule has 2 heterocycles. The van der Waals surface area contributed by atoms with E-state index in [-0.39, 0.29) is 35.6 Å². The molecule has 0 unspecified atom stereocenters. The number of nitrogens with one attached hydrogen (secondary N) is 1. The van der Waals surface area contributed by atoms with Crippen LogP contribution >= 0.6 is 0 Å². The highest BCUT2D eigenvalue weighted by Crippen LogP contribution is 2.48. The summed E-state index contributed by atoms with van der Waals surface area (Å²) in [7, 11) is -3.98. The molecular weight excluding hydrogens is 458 g/mol. The van der Waals surface area contributed by atoms with E-state index in [9.17, 15) is 22.3 Å². The van der Waals surface area contributed by atoms with E-state index in [1.54, 1.807) is 36.4 Å². The van der Waals surface area contributed by atoms with Crippen molar-refractivity contribution in [3.63, 3.8) is 0 Å². The quantitative estimate of drug-likeness (QED) is 0.558. The lowest BCUT2D eigenvalue weighted by Gasteiger charge is -2.38. The normalized spacial score (nSPS) is 21.7. The summed E-state index contributed by atoms with van der Waals surface area (Å²) in [6.45, 7) is 0.0975. The molecule has 2 N–H and O–H groups in total. The lowest BCUT2D eigenvalue weighted by molar-refractivity contribution is 0.210. The van der Waals surface area contributed by atoms with Gasteiger partial charge in [0.05, 0.1) is 29.1 Å². The molecule has 1 fully saturated rings. The molecule has 34 heavy (non-hydrogen) atoms. The molecule has 2 aliphatic rings. The highest BCUT2D eigenvalue weighted by Gasteiger charge is 2.48. The number of sulfonamides is 1. The summed E-state index contributed by atoms with van der Waals surface area (Å²) >= 11 is 0. The fourth-order valence-electron chi connectivity index (χ4n) is 4.83. The number of anilines is 1. The Bertz CT molecular complexity index is 1410. The topological polar surface area (TPSA) is 69.6 Å².